The molecule has 0 aliphatic carbocycles. The van der Waals surface area contributed by atoms with Gasteiger partial charge in [0.2, 0.25) is 0 Å². The van der Waals surface area contributed by atoms with Crippen molar-refractivity contribution in [2.45, 2.75) is 20.0 Å². The molecule has 24 heavy (non-hydrogen) atoms. The van der Waals surface area contributed by atoms with Crippen LogP contribution >= 0.6 is 11.8 Å². The summed E-state index contributed by atoms with van der Waals surface area (Å²) < 4.78 is 19.9. The van der Waals surface area contributed by atoms with Crippen molar-refractivity contribution in [3.05, 3.63) is 12.2 Å². The second-order valence-electron chi connectivity index (χ2n) is 5.24. The highest BCUT2D eigenvalue weighted by atomic mass is 32.2. The molecule has 0 aliphatic heterocycles. The highest BCUT2D eigenvalue weighted by Gasteiger charge is 2.14. The number of carbonyl (C=O) groups excluding carboxylic acids is 2. The highest BCUT2D eigenvalue weighted by molar-refractivity contribution is 7.99. The van der Waals surface area contributed by atoms with Crippen LogP contribution in [0, 0.1) is 5.92 Å². The summed E-state index contributed by atoms with van der Waals surface area (Å²) in [5, 5.41) is 9.59. The molecule has 0 aliphatic rings. The predicted octanol–water partition coefficient (Wildman–Crippen LogP) is 1.04. The van der Waals surface area contributed by atoms with E-state index >= 15 is 0 Å². The Labute approximate surface area is 147 Å². The van der Waals surface area contributed by atoms with E-state index in [1.807, 2.05) is 6.92 Å². The van der Waals surface area contributed by atoms with Crippen molar-refractivity contribution < 1.29 is 33.6 Å². The van der Waals surface area contributed by atoms with Gasteiger partial charge in [0.05, 0.1) is 25.7 Å². The zero-order valence-corrected chi connectivity index (χ0v) is 15.4. The molecular weight excluding hydrogens is 336 g/mol. The fourth-order valence-electron chi connectivity index (χ4n) is 1.38. The summed E-state index contributed by atoms with van der Waals surface area (Å²) in [5.74, 6) is 0.354. The summed E-state index contributed by atoms with van der Waals surface area (Å²) >= 11 is 1.57. The first-order valence-electron chi connectivity index (χ1n) is 7.70. The molecule has 7 nitrogen and oxygen atoms in total. The summed E-state index contributed by atoms with van der Waals surface area (Å²) in [6.07, 6.45) is -0.868. The van der Waals surface area contributed by atoms with Gasteiger partial charge in [0, 0.05) is 24.2 Å². The maximum absolute atomic E-state index is 11.6. The number of hydrogen-bond donors (Lipinski definition) is 1. The molecule has 1 N–H and O–H groups in total. The first-order valence-corrected chi connectivity index (χ1v) is 8.85. The Morgan fingerprint density at radius 3 is 2.50 bits per heavy atom. The van der Waals surface area contributed by atoms with E-state index in [2.05, 4.69) is 6.58 Å². The van der Waals surface area contributed by atoms with Crippen molar-refractivity contribution in [2.75, 3.05) is 51.6 Å². The highest BCUT2D eigenvalue weighted by Crippen LogP contribution is 2.10. The van der Waals surface area contributed by atoms with Crippen LogP contribution in [0.3, 0.4) is 0 Å². The first-order chi connectivity index (χ1) is 11.4. The molecule has 0 heterocycles. The van der Waals surface area contributed by atoms with Gasteiger partial charge in [0.25, 0.3) is 0 Å². The second kappa shape index (κ2) is 14.3. The molecule has 0 aromatic carbocycles. The fourth-order valence-corrected chi connectivity index (χ4v) is 2.27. The minimum atomic E-state index is -0.868. The molecule has 0 rings (SSSR count). The Morgan fingerprint density at radius 2 is 1.88 bits per heavy atom. The molecule has 140 valence electrons. The Hall–Kier alpha value is -1.09. The molecule has 0 aromatic rings. The average Bonchev–Trinajstić information content (AvgIpc) is 2.55. The van der Waals surface area contributed by atoms with Gasteiger partial charge in [-0.1, -0.05) is 13.5 Å². The van der Waals surface area contributed by atoms with Crippen LogP contribution in [-0.4, -0.2) is 74.8 Å². The number of rotatable bonds is 14. The number of methoxy groups -OCH3 is 1. The number of esters is 2. The number of ether oxygens (including phenoxy) is 4. The standard InChI is InChI=1S/C16H28O7S/c1-12(2)15(18)23-10-14(17)9-21-7-8-24-11-13(3)16(19)22-6-5-20-4/h13-14,17H,1,5-11H2,2-4H3. The molecule has 8 heteroatoms. The van der Waals surface area contributed by atoms with Crippen molar-refractivity contribution >= 4 is 23.7 Å². The molecule has 0 radical (unpaired) electrons. The lowest BCUT2D eigenvalue weighted by molar-refractivity contribution is -0.148. The Balaban J connectivity index is 3.57. The molecule has 0 saturated carbocycles. The summed E-state index contributed by atoms with van der Waals surface area (Å²) in [6.45, 7) is 7.84. The van der Waals surface area contributed by atoms with E-state index in [9.17, 15) is 14.7 Å². The smallest absolute Gasteiger partial charge is 0.333 e. The van der Waals surface area contributed by atoms with Crippen LogP contribution in [0.15, 0.2) is 12.2 Å². The van der Waals surface area contributed by atoms with Crippen molar-refractivity contribution in [1.82, 2.24) is 0 Å². The third-order valence-electron chi connectivity index (χ3n) is 2.74. The van der Waals surface area contributed by atoms with Gasteiger partial charge in [0.15, 0.2) is 0 Å². The van der Waals surface area contributed by atoms with Gasteiger partial charge in [-0.15, -0.1) is 0 Å². The molecular formula is C16H28O7S. The van der Waals surface area contributed by atoms with Crippen LogP contribution in [0.25, 0.3) is 0 Å². The lowest BCUT2D eigenvalue weighted by Gasteiger charge is -2.13. The predicted molar refractivity (Wildman–Crippen MR) is 91.9 cm³/mol. The molecule has 0 bridgehead atoms. The zero-order chi connectivity index (χ0) is 18.4. The van der Waals surface area contributed by atoms with E-state index in [1.54, 1.807) is 18.9 Å². The average molecular weight is 364 g/mol. The second-order valence-corrected chi connectivity index (χ2v) is 6.39. The lowest BCUT2D eigenvalue weighted by Crippen LogP contribution is -2.24. The number of hydrogen-bond acceptors (Lipinski definition) is 8. The minimum absolute atomic E-state index is 0.0820. The van der Waals surface area contributed by atoms with Crippen molar-refractivity contribution in [2.24, 2.45) is 5.92 Å². The van der Waals surface area contributed by atoms with Gasteiger partial charge in [-0.25, -0.2) is 4.79 Å². The van der Waals surface area contributed by atoms with Gasteiger partial charge in [0.1, 0.15) is 19.3 Å². The quantitative estimate of drug-likeness (QED) is 0.278. The Bertz CT molecular complexity index is 387. The number of thioether (sulfide) groups is 1. The van der Waals surface area contributed by atoms with Crippen molar-refractivity contribution in [3.8, 4) is 0 Å². The van der Waals surface area contributed by atoms with Gasteiger partial charge in [-0.3, -0.25) is 4.79 Å². The van der Waals surface area contributed by atoms with E-state index in [0.29, 0.717) is 24.7 Å². The number of aliphatic hydroxyl groups is 1. The Morgan fingerprint density at radius 1 is 1.17 bits per heavy atom. The van der Waals surface area contributed by atoms with Crippen molar-refractivity contribution in [3.63, 3.8) is 0 Å². The lowest BCUT2D eigenvalue weighted by atomic mass is 10.2. The normalized spacial score (nSPS) is 13.2. The van der Waals surface area contributed by atoms with Crippen LogP contribution in [0.2, 0.25) is 0 Å². The monoisotopic (exact) mass is 364 g/mol. The zero-order valence-electron chi connectivity index (χ0n) is 14.6. The third-order valence-corrected chi connectivity index (χ3v) is 3.93. The van der Waals surface area contributed by atoms with E-state index in [-0.39, 0.29) is 37.3 Å². The van der Waals surface area contributed by atoms with E-state index in [1.165, 1.54) is 6.92 Å². The van der Waals surface area contributed by atoms with Crippen LogP contribution in [-0.2, 0) is 28.5 Å². The van der Waals surface area contributed by atoms with E-state index in [4.69, 9.17) is 18.9 Å². The third kappa shape index (κ3) is 12.3. The molecule has 2 atom stereocenters. The first kappa shape index (κ1) is 22.9. The molecule has 0 amide bonds. The van der Waals surface area contributed by atoms with Gasteiger partial charge >= 0.3 is 11.9 Å². The van der Waals surface area contributed by atoms with E-state index in [0.717, 1.165) is 0 Å². The molecule has 0 spiro atoms. The molecule has 2 unspecified atom stereocenters. The minimum Gasteiger partial charge on any atom is -0.463 e. The maximum atomic E-state index is 11.6. The van der Waals surface area contributed by atoms with Gasteiger partial charge < -0.3 is 24.1 Å². The summed E-state index contributed by atoms with van der Waals surface area (Å²) in [6, 6.07) is 0. The maximum Gasteiger partial charge on any atom is 0.333 e. The van der Waals surface area contributed by atoms with Crippen LogP contribution < -0.4 is 0 Å². The van der Waals surface area contributed by atoms with Crippen molar-refractivity contribution in [1.29, 1.82) is 0 Å². The largest absolute Gasteiger partial charge is 0.463 e. The van der Waals surface area contributed by atoms with Gasteiger partial charge in [-0.2, -0.15) is 11.8 Å². The number of carbonyl (C=O) groups is 2. The van der Waals surface area contributed by atoms with Crippen LogP contribution in [0.4, 0.5) is 0 Å². The topological polar surface area (TPSA) is 91.3 Å². The molecule has 0 saturated heterocycles. The Kier molecular flexibility index (Phi) is 13.6. The molecule has 0 fully saturated rings. The van der Waals surface area contributed by atoms with Crippen LogP contribution in [0.1, 0.15) is 13.8 Å². The fraction of sp³-hybridized carbons (Fsp3) is 0.750. The summed E-state index contributed by atoms with van der Waals surface area (Å²) in [7, 11) is 1.55. The van der Waals surface area contributed by atoms with Crippen LogP contribution in [0.5, 0.6) is 0 Å². The SMILES string of the molecule is C=C(C)C(=O)OCC(O)COCCSCC(C)C(=O)OCCOC. The number of aliphatic hydroxyl groups excluding tert-OH is 1. The summed E-state index contributed by atoms with van der Waals surface area (Å²) in [4.78, 5) is 22.7. The van der Waals surface area contributed by atoms with Gasteiger partial charge in [-0.05, 0) is 6.92 Å². The van der Waals surface area contributed by atoms with E-state index < -0.39 is 12.1 Å². The summed E-state index contributed by atoms with van der Waals surface area (Å²) in [5.41, 5.74) is 0.286. The molecule has 0 aromatic heterocycles.